The maximum absolute atomic E-state index is 5.66. The highest BCUT2D eigenvalue weighted by molar-refractivity contribution is 7.80. The van der Waals surface area contributed by atoms with Crippen molar-refractivity contribution in [3.05, 3.63) is 24.3 Å². The molecule has 3 nitrogen and oxygen atoms in total. The number of fused-ring (bicyclic) bond motifs is 1. The lowest BCUT2D eigenvalue weighted by atomic mass is 10.2. The van der Waals surface area contributed by atoms with Gasteiger partial charge in [-0.1, -0.05) is 12.1 Å². The van der Waals surface area contributed by atoms with E-state index in [1.165, 1.54) is 0 Å². The van der Waals surface area contributed by atoms with Gasteiger partial charge in [-0.15, -0.1) is 0 Å². The zero-order valence-corrected chi connectivity index (χ0v) is 8.75. The average Bonchev–Trinajstić information content (AvgIpc) is 2.16. The van der Waals surface area contributed by atoms with E-state index < -0.39 is 0 Å². The van der Waals surface area contributed by atoms with Crippen LogP contribution in [0.25, 0.3) is 0 Å². The molecule has 2 rings (SSSR count). The fraction of sp³-hybridized carbons (Fsp3) is 0.300. The van der Waals surface area contributed by atoms with E-state index in [9.17, 15) is 0 Å². The van der Waals surface area contributed by atoms with Gasteiger partial charge in [0.1, 0.15) is 11.9 Å². The molecule has 1 aliphatic rings. The fourth-order valence-electron chi connectivity index (χ4n) is 1.60. The number of thiocarbonyl (C=S) groups is 1. The van der Waals surface area contributed by atoms with Gasteiger partial charge in [-0.3, -0.25) is 0 Å². The van der Waals surface area contributed by atoms with Gasteiger partial charge in [0.05, 0.1) is 12.2 Å². The molecular formula is C10H12N2OS. The van der Waals surface area contributed by atoms with Crippen LogP contribution in [0.15, 0.2) is 24.3 Å². The van der Waals surface area contributed by atoms with Crippen LogP contribution in [0, 0.1) is 0 Å². The number of nitrogens with two attached hydrogens (primary N) is 1. The first kappa shape index (κ1) is 9.27. The van der Waals surface area contributed by atoms with Crippen LogP contribution in [0.3, 0.4) is 0 Å². The summed E-state index contributed by atoms with van der Waals surface area (Å²) in [5, 5.41) is 0.396. The Morgan fingerprint density at radius 2 is 2.29 bits per heavy atom. The lowest BCUT2D eigenvalue weighted by Crippen LogP contribution is -2.44. The third kappa shape index (κ3) is 1.53. The van der Waals surface area contributed by atoms with Gasteiger partial charge >= 0.3 is 0 Å². The van der Waals surface area contributed by atoms with E-state index in [0.29, 0.717) is 11.7 Å². The van der Waals surface area contributed by atoms with Crippen LogP contribution in [-0.4, -0.2) is 17.8 Å². The summed E-state index contributed by atoms with van der Waals surface area (Å²) in [5.74, 6) is 0.846. The average molecular weight is 208 g/mol. The molecule has 0 aliphatic carbocycles. The zero-order chi connectivity index (χ0) is 10.1. The summed E-state index contributed by atoms with van der Waals surface area (Å²) in [4.78, 5) is 1.90. The van der Waals surface area contributed by atoms with Crippen LogP contribution in [0.2, 0.25) is 0 Å². The lowest BCUT2D eigenvalue weighted by molar-refractivity contribution is 0.219. The number of hydrogen-bond acceptors (Lipinski definition) is 2. The molecule has 0 aromatic heterocycles. The minimum absolute atomic E-state index is 0.117. The van der Waals surface area contributed by atoms with E-state index >= 15 is 0 Å². The Morgan fingerprint density at radius 3 is 3.00 bits per heavy atom. The molecule has 2 N–H and O–H groups in total. The first-order valence-electron chi connectivity index (χ1n) is 4.51. The highest BCUT2D eigenvalue weighted by Gasteiger charge is 2.23. The van der Waals surface area contributed by atoms with Gasteiger partial charge in [0.15, 0.2) is 5.11 Å². The van der Waals surface area contributed by atoms with Crippen LogP contribution in [0.5, 0.6) is 5.75 Å². The van der Waals surface area contributed by atoms with Crippen LogP contribution in [0.4, 0.5) is 5.69 Å². The number of benzene rings is 1. The lowest BCUT2D eigenvalue weighted by Gasteiger charge is -2.33. The van der Waals surface area contributed by atoms with Crippen molar-refractivity contribution in [1.29, 1.82) is 0 Å². The van der Waals surface area contributed by atoms with E-state index in [1.807, 2.05) is 36.1 Å². The maximum Gasteiger partial charge on any atom is 0.171 e. The first-order valence-corrected chi connectivity index (χ1v) is 4.92. The highest BCUT2D eigenvalue weighted by atomic mass is 32.1. The molecule has 74 valence electrons. The van der Waals surface area contributed by atoms with Gasteiger partial charge in [0, 0.05) is 0 Å². The molecular weight excluding hydrogens is 196 g/mol. The second kappa shape index (κ2) is 3.46. The van der Waals surface area contributed by atoms with Crippen molar-refractivity contribution < 1.29 is 4.74 Å². The molecule has 4 heteroatoms. The Hall–Kier alpha value is -1.29. The van der Waals surface area contributed by atoms with Gasteiger partial charge in [-0.05, 0) is 31.3 Å². The molecule has 0 fully saturated rings. The van der Waals surface area contributed by atoms with Crippen LogP contribution in [-0.2, 0) is 0 Å². The van der Waals surface area contributed by atoms with Crippen LogP contribution in [0.1, 0.15) is 6.92 Å². The van der Waals surface area contributed by atoms with Gasteiger partial charge < -0.3 is 15.4 Å². The number of para-hydroxylation sites is 2. The topological polar surface area (TPSA) is 38.5 Å². The van der Waals surface area contributed by atoms with Crippen molar-refractivity contribution >= 4 is 23.0 Å². The van der Waals surface area contributed by atoms with Crippen molar-refractivity contribution in [2.45, 2.75) is 13.0 Å². The van der Waals surface area contributed by atoms with Gasteiger partial charge in [-0.25, -0.2) is 0 Å². The zero-order valence-electron chi connectivity index (χ0n) is 7.93. The van der Waals surface area contributed by atoms with E-state index in [0.717, 1.165) is 11.4 Å². The summed E-state index contributed by atoms with van der Waals surface area (Å²) >= 11 is 4.99. The van der Waals surface area contributed by atoms with Crippen molar-refractivity contribution in [2.24, 2.45) is 5.73 Å². The molecule has 1 unspecified atom stereocenters. The molecule has 1 aromatic rings. The quantitative estimate of drug-likeness (QED) is 0.656. The van der Waals surface area contributed by atoms with Crippen molar-refractivity contribution in [3.63, 3.8) is 0 Å². The summed E-state index contributed by atoms with van der Waals surface area (Å²) in [6.45, 7) is 2.72. The van der Waals surface area contributed by atoms with Crippen LogP contribution < -0.4 is 15.4 Å². The number of rotatable bonds is 0. The Balaban J connectivity index is 2.43. The summed E-state index contributed by atoms with van der Waals surface area (Å²) in [5.41, 5.74) is 6.60. The summed E-state index contributed by atoms with van der Waals surface area (Å²) in [6, 6.07) is 7.77. The van der Waals surface area contributed by atoms with E-state index in [4.69, 9.17) is 22.7 Å². The molecule has 1 atom stereocenters. The normalized spacial score (nSPS) is 19.8. The minimum atomic E-state index is 0.117. The summed E-state index contributed by atoms with van der Waals surface area (Å²) in [7, 11) is 0. The largest absolute Gasteiger partial charge is 0.487 e. The predicted molar refractivity (Wildman–Crippen MR) is 60.7 cm³/mol. The molecule has 0 spiro atoms. The third-order valence-electron chi connectivity index (χ3n) is 2.19. The molecule has 0 bridgehead atoms. The smallest absolute Gasteiger partial charge is 0.171 e. The number of ether oxygens (including phenoxy) is 1. The Morgan fingerprint density at radius 1 is 1.57 bits per heavy atom. The van der Waals surface area contributed by atoms with Gasteiger partial charge in [0.2, 0.25) is 0 Å². The Bertz CT molecular complexity index is 367. The fourth-order valence-corrected chi connectivity index (χ4v) is 1.77. The van der Waals surface area contributed by atoms with E-state index in [1.54, 1.807) is 0 Å². The molecule has 0 amide bonds. The monoisotopic (exact) mass is 208 g/mol. The molecule has 0 radical (unpaired) electrons. The second-order valence-corrected chi connectivity index (χ2v) is 3.76. The van der Waals surface area contributed by atoms with E-state index in [-0.39, 0.29) is 6.10 Å². The minimum Gasteiger partial charge on any atom is -0.487 e. The third-order valence-corrected chi connectivity index (χ3v) is 2.41. The molecule has 14 heavy (non-hydrogen) atoms. The Kier molecular flexibility index (Phi) is 2.29. The predicted octanol–water partition coefficient (Wildman–Crippen LogP) is 1.52. The molecule has 1 heterocycles. The number of hydrogen-bond donors (Lipinski definition) is 1. The standard InChI is InChI=1S/C10H12N2OS/c1-7-6-12(10(11)14)8-4-2-3-5-9(8)13-7/h2-5,7H,6H2,1H3,(H2,11,14). The van der Waals surface area contributed by atoms with Gasteiger partial charge in [-0.2, -0.15) is 0 Å². The van der Waals surface area contributed by atoms with E-state index in [2.05, 4.69) is 0 Å². The van der Waals surface area contributed by atoms with Crippen molar-refractivity contribution in [2.75, 3.05) is 11.4 Å². The second-order valence-electron chi connectivity index (χ2n) is 3.35. The SMILES string of the molecule is CC1CN(C(N)=S)c2ccccc2O1. The molecule has 1 aliphatic heterocycles. The first-order chi connectivity index (χ1) is 6.68. The van der Waals surface area contributed by atoms with Crippen LogP contribution >= 0.6 is 12.2 Å². The number of nitrogens with zero attached hydrogens (tertiary/aromatic N) is 1. The Labute approximate surface area is 88.5 Å². The van der Waals surface area contributed by atoms with Crippen molar-refractivity contribution in [1.82, 2.24) is 0 Å². The highest BCUT2D eigenvalue weighted by Crippen LogP contribution is 2.32. The molecule has 0 saturated heterocycles. The molecule has 1 aromatic carbocycles. The molecule has 0 saturated carbocycles. The van der Waals surface area contributed by atoms with Crippen molar-refractivity contribution in [3.8, 4) is 5.75 Å². The maximum atomic E-state index is 5.66. The summed E-state index contributed by atoms with van der Waals surface area (Å²) < 4.78 is 5.66. The summed E-state index contributed by atoms with van der Waals surface area (Å²) in [6.07, 6.45) is 0.117. The number of anilines is 1. The van der Waals surface area contributed by atoms with Gasteiger partial charge in [0.25, 0.3) is 0 Å².